The van der Waals surface area contributed by atoms with E-state index in [0.717, 1.165) is 31.6 Å². The molecule has 3 heteroatoms. The highest BCUT2D eigenvalue weighted by atomic mass is 16.1. The van der Waals surface area contributed by atoms with Crippen molar-refractivity contribution in [2.75, 3.05) is 13.1 Å². The zero-order chi connectivity index (χ0) is 14.9. The summed E-state index contributed by atoms with van der Waals surface area (Å²) >= 11 is 0. The zero-order valence-electron chi connectivity index (χ0n) is 12.8. The third kappa shape index (κ3) is 1.28. The summed E-state index contributed by atoms with van der Waals surface area (Å²) in [6.07, 6.45) is 5.59. The van der Waals surface area contributed by atoms with Crippen molar-refractivity contribution in [2.24, 2.45) is 16.8 Å². The summed E-state index contributed by atoms with van der Waals surface area (Å²) < 4.78 is 0. The van der Waals surface area contributed by atoms with E-state index in [0.29, 0.717) is 12.0 Å². The third-order valence-electron chi connectivity index (χ3n) is 6.49. The summed E-state index contributed by atoms with van der Waals surface area (Å²) in [5.41, 5.74) is 5.01. The summed E-state index contributed by atoms with van der Waals surface area (Å²) in [7, 11) is 0. The number of fused-ring (bicyclic) bond motifs is 2. The van der Waals surface area contributed by atoms with Crippen molar-refractivity contribution in [3.63, 3.8) is 0 Å². The molecular formula is C19H20N2O. The lowest BCUT2D eigenvalue weighted by molar-refractivity contribution is -0.116. The van der Waals surface area contributed by atoms with Crippen LogP contribution in [0, 0.1) is 11.8 Å². The minimum absolute atomic E-state index is 0.0554. The number of para-hydroxylation sites is 1. The largest absolute Gasteiger partial charge is 0.303 e. The molecule has 0 spiro atoms. The molecule has 0 aromatic heterocycles. The maximum absolute atomic E-state index is 12.2. The van der Waals surface area contributed by atoms with Crippen LogP contribution in [0.4, 0.5) is 5.69 Å². The first-order valence-electron chi connectivity index (χ1n) is 8.32. The number of hydrogen-bond donors (Lipinski definition) is 0. The molecule has 1 saturated carbocycles. The van der Waals surface area contributed by atoms with E-state index >= 15 is 0 Å². The fourth-order valence-electron chi connectivity index (χ4n) is 5.55. The van der Waals surface area contributed by atoms with Crippen LogP contribution in [0.1, 0.15) is 25.3 Å². The van der Waals surface area contributed by atoms with E-state index in [1.807, 2.05) is 0 Å². The minimum Gasteiger partial charge on any atom is -0.303 e. The van der Waals surface area contributed by atoms with E-state index in [-0.39, 0.29) is 11.3 Å². The van der Waals surface area contributed by atoms with Crippen molar-refractivity contribution >= 4 is 17.7 Å². The van der Waals surface area contributed by atoms with Crippen LogP contribution in [-0.2, 0) is 10.2 Å². The summed E-state index contributed by atoms with van der Waals surface area (Å²) in [6.45, 7) is 4.21. The number of hydrogen-bond acceptors (Lipinski definition) is 3. The van der Waals surface area contributed by atoms with Crippen molar-refractivity contribution in [3.05, 3.63) is 41.5 Å². The summed E-state index contributed by atoms with van der Waals surface area (Å²) in [5.74, 6) is 0.453. The maximum atomic E-state index is 12.2. The van der Waals surface area contributed by atoms with Gasteiger partial charge in [-0.2, -0.15) is 0 Å². The third-order valence-corrected chi connectivity index (χ3v) is 6.49. The van der Waals surface area contributed by atoms with Crippen molar-refractivity contribution in [2.45, 2.75) is 31.2 Å². The van der Waals surface area contributed by atoms with Crippen LogP contribution < -0.4 is 0 Å². The predicted molar refractivity (Wildman–Crippen MR) is 86.6 cm³/mol. The standard InChI is InChI=1S/C19H20N2O/c1-2-12-10-21-8-7-19-14-5-3-4-6-16(14)20-18(19)17(21)9-13(12)15(19)11-22/h2-6,11,13,15,17H,7-10H2,1H3/t13-,15-,17-,19-/m0/s1. The van der Waals surface area contributed by atoms with Crippen LogP contribution in [0.2, 0.25) is 0 Å². The quantitative estimate of drug-likeness (QED) is 0.589. The van der Waals surface area contributed by atoms with Gasteiger partial charge in [0.15, 0.2) is 0 Å². The first-order valence-corrected chi connectivity index (χ1v) is 8.32. The number of carbonyl (C=O) groups is 1. The molecule has 0 amide bonds. The smallest absolute Gasteiger partial charge is 0.124 e. The van der Waals surface area contributed by atoms with Crippen LogP contribution in [0.3, 0.4) is 0 Å². The second kappa shape index (κ2) is 4.17. The molecule has 3 fully saturated rings. The lowest BCUT2D eigenvalue weighted by Gasteiger charge is -2.59. The van der Waals surface area contributed by atoms with Gasteiger partial charge in [-0.05, 0) is 37.3 Å². The molecule has 3 aliphatic heterocycles. The van der Waals surface area contributed by atoms with Crippen LogP contribution in [0.25, 0.3) is 0 Å². The normalized spacial score (nSPS) is 40.3. The molecular weight excluding hydrogens is 272 g/mol. The molecule has 0 unspecified atom stereocenters. The average Bonchev–Trinajstić information content (AvgIpc) is 2.90. The molecule has 4 aliphatic rings. The Bertz CT molecular complexity index is 735. The van der Waals surface area contributed by atoms with E-state index in [1.54, 1.807) is 0 Å². The van der Waals surface area contributed by atoms with Crippen molar-refractivity contribution < 1.29 is 4.79 Å². The van der Waals surface area contributed by atoms with Crippen LogP contribution in [0.15, 0.2) is 40.9 Å². The van der Waals surface area contributed by atoms with E-state index < -0.39 is 0 Å². The Morgan fingerprint density at radius 3 is 3.05 bits per heavy atom. The molecule has 1 aliphatic carbocycles. The molecule has 4 atom stereocenters. The molecule has 112 valence electrons. The fraction of sp³-hybridized carbons (Fsp3) is 0.474. The molecule has 3 heterocycles. The Hall–Kier alpha value is -1.74. The SMILES string of the molecule is CC=C1CN2CC[C@]34C(=Nc5ccccc53)[C@@H]2C[C@@H]1[C@@H]4C=O. The maximum Gasteiger partial charge on any atom is 0.124 e. The van der Waals surface area contributed by atoms with Gasteiger partial charge in [0.05, 0.1) is 5.69 Å². The molecule has 5 rings (SSSR count). The Labute approximate surface area is 130 Å². The molecule has 1 aromatic carbocycles. The lowest BCUT2D eigenvalue weighted by Crippen LogP contribution is -2.67. The lowest BCUT2D eigenvalue weighted by atomic mass is 9.51. The Morgan fingerprint density at radius 1 is 1.36 bits per heavy atom. The minimum atomic E-state index is -0.128. The van der Waals surface area contributed by atoms with Gasteiger partial charge in [-0.25, -0.2) is 0 Å². The highest BCUT2D eigenvalue weighted by molar-refractivity contribution is 6.08. The number of benzene rings is 1. The molecule has 0 N–H and O–H groups in total. The van der Waals surface area contributed by atoms with E-state index in [2.05, 4.69) is 42.2 Å². The predicted octanol–water partition coefficient (Wildman–Crippen LogP) is 2.88. The monoisotopic (exact) mass is 292 g/mol. The topological polar surface area (TPSA) is 32.7 Å². The van der Waals surface area contributed by atoms with Gasteiger partial charge in [0.25, 0.3) is 0 Å². The van der Waals surface area contributed by atoms with E-state index in [9.17, 15) is 4.79 Å². The van der Waals surface area contributed by atoms with Crippen molar-refractivity contribution in [1.29, 1.82) is 0 Å². The van der Waals surface area contributed by atoms with E-state index in [1.165, 1.54) is 23.1 Å². The zero-order valence-corrected chi connectivity index (χ0v) is 12.8. The van der Waals surface area contributed by atoms with Crippen molar-refractivity contribution in [1.82, 2.24) is 4.90 Å². The Morgan fingerprint density at radius 2 is 2.23 bits per heavy atom. The van der Waals surface area contributed by atoms with Gasteiger partial charge in [0, 0.05) is 36.2 Å². The number of nitrogens with zero attached hydrogens (tertiary/aromatic N) is 2. The van der Waals surface area contributed by atoms with Gasteiger partial charge in [-0.1, -0.05) is 29.8 Å². The second-order valence-corrected chi connectivity index (χ2v) is 7.09. The second-order valence-electron chi connectivity index (χ2n) is 7.09. The Balaban J connectivity index is 1.79. The highest BCUT2D eigenvalue weighted by Crippen LogP contribution is 2.59. The molecule has 22 heavy (non-hydrogen) atoms. The van der Waals surface area contributed by atoms with Gasteiger partial charge < -0.3 is 4.79 Å². The van der Waals surface area contributed by atoms with Gasteiger partial charge in [-0.15, -0.1) is 0 Å². The first-order chi connectivity index (χ1) is 10.8. The van der Waals surface area contributed by atoms with Gasteiger partial charge in [0.1, 0.15) is 6.29 Å². The molecule has 3 nitrogen and oxygen atoms in total. The summed E-state index contributed by atoms with van der Waals surface area (Å²) in [6, 6.07) is 8.91. The van der Waals surface area contributed by atoms with Crippen LogP contribution in [0.5, 0.6) is 0 Å². The van der Waals surface area contributed by atoms with Gasteiger partial charge in [-0.3, -0.25) is 9.89 Å². The average molecular weight is 292 g/mol. The number of aldehydes is 1. The number of rotatable bonds is 1. The molecule has 1 aromatic rings. The summed E-state index contributed by atoms with van der Waals surface area (Å²) in [5, 5.41) is 0. The summed E-state index contributed by atoms with van der Waals surface area (Å²) in [4.78, 5) is 19.8. The number of carbonyl (C=O) groups excluding carboxylic acids is 1. The number of allylic oxidation sites excluding steroid dienone is 1. The molecule has 0 radical (unpaired) electrons. The number of piperidine rings is 2. The van der Waals surface area contributed by atoms with Crippen molar-refractivity contribution in [3.8, 4) is 0 Å². The number of aliphatic imine (C=N–C) groups is 1. The first kappa shape index (κ1) is 12.8. The Kier molecular flexibility index (Phi) is 2.42. The highest BCUT2D eigenvalue weighted by Gasteiger charge is 2.62. The van der Waals surface area contributed by atoms with E-state index in [4.69, 9.17) is 4.99 Å². The van der Waals surface area contributed by atoms with Crippen LogP contribution in [-0.4, -0.2) is 36.0 Å². The van der Waals surface area contributed by atoms with Gasteiger partial charge >= 0.3 is 0 Å². The molecule has 2 saturated heterocycles. The fourth-order valence-corrected chi connectivity index (χ4v) is 5.55. The molecule has 3 bridgehead atoms. The van der Waals surface area contributed by atoms with Gasteiger partial charge in [0.2, 0.25) is 0 Å². The van der Waals surface area contributed by atoms with Crippen LogP contribution >= 0.6 is 0 Å².